The fourth-order valence-electron chi connectivity index (χ4n) is 3.46. The molecule has 0 saturated carbocycles. The number of benzene rings is 2. The Hall–Kier alpha value is -2.58. The number of hydrogen-bond donors (Lipinski definition) is 0. The molecule has 1 fully saturated rings. The van der Waals surface area contributed by atoms with Gasteiger partial charge < -0.3 is 9.64 Å². The second-order valence-corrected chi connectivity index (χ2v) is 6.77. The molecule has 2 aromatic rings. The number of carbonyl (C=O) groups excluding carboxylic acids is 1. The molecular weight excluding hydrogens is 326 g/mol. The predicted octanol–water partition coefficient (Wildman–Crippen LogP) is 3.01. The van der Waals surface area contributed by atoms with Crippen molar-refractivity contribution in [1.29, 1.82) is 5.26 Å². The average Bonchev–Trinajstić information content (AvgIpc) is 2.70. The number of ether oxygens (including phenoxy) is 1. The SMILES string of the molecule is COc1ccc2cc(C(C)C(=O)N3CCN(CCC#N)CC3)ccc2c1. The number of rotatable bonds is 5. The molecule has 0 radical (unpaired) electrons. The average molecular weight is 351 g/mol. The lowest BCUT2D eigenvalue weighted by atomic mass is 9.96. The van der Waals surface area contributed by atoms with Crippen molar-refractivity contribution in [2.45, 2.75) is 19.3 Å². The molecule has 0 aliphatic carbocycles. The van der Waals surface area contributed by atoms with Gasteiger partial charge in [0.15, 0.2) is 0 Å². The van der Waals surface area contributed by atoms with Gasteiger partial charge in [-0.2, -0.15) is 5.26 Å². The zero-order valence-electron chi connectivity index (χ0n) is 15.4. The summed E-state index contributed by atoms with van der Waals surface area (Å²) in [6, 6.07) is 14.3. The van der Waals surface area contributed by atoms with E-state index in [1.54, 1.807) is 7.11 Å². The summed E-state index contributed by atoms with van der Waals surface area (Å²) >= 11 is 0. The molecule has 0 spiro atoms. The van der Waals surface area contributed by atoms with Crippen LogP contribution in [-0.4, -0.2) is 55.5 Å². The normalized spacial score (nSPS) is 16.3. The molecule has 1 aliphatic rings. The molecule has 1 heterocycles. The van der Waals surface area contributed by atoms with E-state index in [1.807, 2.05) is 36.1 Å². The van der Waals surface area contributed by atoms with Crippen molar-refractivity contribution >= 4 is 16.7 Å². The Kier molecular flexibility index (Phi) is 5.75. The fourth-order valence-corrected chi connectivity index (χ4v) is 3.46. The van der Waals surface area contributed by atoms with E-state index in [1.165, 1.54) is 0 Å². The lowest BCUT2D eigenvalue weighted by molar-refractivity contribution is -0.134. The fraction of sp³-hybridized carbons (Fsp3) is 0.429. The minimum absolute atomic E-state index is 0.160. The van der Waals surface area contributed by atoms with Crippen LogP contribution in [0.4, 0.5) is 0 Å². The van der Waals surface area contributed by atoms with Crippen LogP contribution in [0.3, 0.4) is 0 Å². The lowest BCUT2D eigenvalue weighted by Gasteiger charge is -2.35. The van der Waals surface area contributed by atoms with Crippen LogP contribution in [0, 0.1) is 11.3 Å². The van der Waals surface area contributed by atoms with E-state index < -0.39 is 0 Å². The summed E-state index contributed by atoms with van der Waals surface area (Å²) in [6.45, 7) is 5.94. The third-order valence-corrected chi connectivity index (χ3v) is 5.17. The van der Waals surface area contributed by atoms with Gasteiger partial charge in [0.1, 0.15) is 5.75 Å². The minimum Gasteiger partial charge on any atom is -0.497 e. The van der Waals surface area contributed by atoms with Gasteiger partial charge in [-0.05, 0) is 35.4 Å². The van der Waals surface area contributed by atoms with Crippen molar-refractivity contribution in [1.82, 2.24) is 9.80 Å². The van der Waals surface area contributed by atoms with Gasteiger partial charge in [-0.15, -0.1) is 0 Å². The first-order valence-electron chi connectivity index (χ1n) is 9.08. The first-order valence-corrected chi connectivity index (χ1v) is 9.08. The maximum atomic E-state index is 12.9. The molecule has 2 aromatic carbocycles. The van der Waals surface area contributed by atoms with Crippen LogP contribution in [0.1, 0.15) is 24.8 Å². The van der Waals surface area contributed by atoms with E-state index in [2.05, 4.69) is 23.1 Å². The predicted molar refractivity (Wildman–Crippen MR) is 102 cm³/mol. The largest absolute Gasteiger partial charge is 0.497 e. The Labute approximate surface area is 154 Å². The Bertz CT molecular complexity index is 820. The number of nitrogens with zero attached hydrogens (tertiary/aromatic N) is 3. The highest BCUT2D eigenvalue weighted by molar-refractivity contribution is 5.88. The zero-order valence-corrected chi connectivity index (χ0v) is 15.4. The van der Waals surface area contributed by atoms with E-state index in [0.717, 1.165) is 54.8 Å². The number of amides is 1. The van der Waals surface area contributed by atoms with Crippen LogP contribution in [0.2, 0.25) is 0 Å². The summed E-state index contributed by atoms with van der Waals surface area (Å²) in [5.41, 5.74) is 1.04. The lowest BCUT2D eigenvalue weighted by Crippen LogP contribution is -2.49. The van der Waals surface area contributed by atoms with Gasteiger partial charge >= 0.3 is 0 Å². The van der Waals surface area contributed by atoms with Gasteiger partial charge in [0.05, 0.1) is 19.1 Å². The van der Waals surface area contributed by atoms with Gasteiger partial charge in [0.25, 0.3) is 0 Å². The van der Waals surface area contributed by atoms with Crippen molar-refractivity contribution in [3.8, 4) is 11.8 Å². The maximum Gasteiger partial charge on any atom is 0.229 e. The van der Waals surface area contributed by atoms with Crippen LogP contribution in [0.25, 0.3) is 10.8 Å². The molecule has 5 heteroatoms. The summed E-state index contributed by atoms with van der Waals surface area (Å²) < 4.78 is 5.27. The maximum absolute atomic E-state index is 12.9. The molecule has 0 N–H and O–H groups in total. The van der Waals surface area contributed by atoms with Gasteiger partial charge in [-0.25, -0.2) is 0 Å². The monoisotopic (exact) mass is 351 g/mol. The Balaban J connectivity index is 1.67. The van der Waals surface area contributed by atoms with Crippen LogP contribution in [0.5, 0.6) is 5.75 Å². The van der Waals surface area contributed by atoms with Gasteiger partial charge in [-0.1, -0.05) is 24.3 Å². The van der Waals surface area contributed by atoms with Crippen molar-refractivity contribution in [2.24, 2.45) is 0 Å². The molecule has 1 unspecified atom stereocenters. The van der Waals surface area contributed by atoms with E-state index >= 15 is 0 Å². The van der Waals surface area contributed by atoms with Crippen LogP contribution in [0.15, 0.2) is 36.4 Å². The van der Waals surface area contributed by atoms with E-state index in [-0.39, 0.29) is 11.8 Å². The van der Waals surface area contributed by atoms with E-state index in [9.17, 15) is 4.79 Å². The van der Waals surface area contributed by atoms with E-state index in [4.69, 9.17) is 10.00 Å². The van der Waals surface area contributed by atoms with Gasteiger partial charge in [0, 0.05) is 39.1 Å². The van der Waals surface area contributed by atoms with Crippen molar-refractivity contribution in [3.05, 3.63) is 42.0 Å². The smallest absolute Gasteiger partial charge is 0.229 e. The molecule has 5 nitrogen and oxygen atoms in total. The topological polar surface area (TPSA) is 56.6 Å². The van der Waals surface area contributed by atoms with E-state index in [0.29, 0.717) is 6.42 Å². The van der Waals surface area contributed by atoms with Crippen LogP contribution in [-0.2, 0) is 4.79 Å². The number of carbonyl (C=O) groups is 1. The third kappa shape index (κ3) is 3.97. The highest BCUT2D eigenvalue weighted by Gasteiger charge is 2.25. The highest BCUT2D eigenvalue weighted by Crippen LogP contribution is 2.26. The number of piperazine rings is 1. The minimum atomic E-state index is -0.160. The number of methoxy groups -OCH3 is 1. The summed E-state index contributed by atoms with van der Waals surface area (Å²) in [6.07, 6.45) is 0.548. The third-order valence-electron chi connectivity index (χ3n) is 5.17. The molecule has 0 bridgehead atoms. The van der Waals surface area contributed by atoms with Crippen LogP contribution >= 0.6 is 0 Å². The Morgan fingerprint density at radius 2 is 1.85 bits per heavy atom. The number of hydrogen-bond acceptors (Lipinski definition) is 4. The summed E-state index contributed by atoms with van der Waals surface area (Å²) in [4.78, 5) is 17.1. The standard InChI is InChI=1S/C21H25N3O2/c1-16(21(25)24-12-10-23(11-13-24)9-3-8-22)17-4-5-19-15-20(26-2)7-6-18(19)14-17/h4-7,14-16H,3,9-13H2,1-2H3. The van der Waals surface area contributed by atoms with Crippen molar-refractivity contribution < 1.29 is 9.53 Å². The zero-order chi connectivity index (χ0) is 18.5. The highest BCUT2D eigenvalue weighted by atomic mass is 16.5. The first kappa shape index (κ1) is 18.2. The second kappa shape index (κ2) is 8.20. The molecule has 26 heavy (non-hydrogen) atoms. The number of nitriles is 1. The molecule has 1 amide bonds. The summed E-state index contributed by atoms with van der Waals surface area (Å²) in [7, 11) is 1.66. The Morgan fingerprint density at radius 3 is 2.54 bits per heavy atom. The summed E-state index contributed by atoms with van der Waals surface area (Å²) in [5.74, 6) is 0.855. The molecular formula is C21H25N3O2. The Morgan fingerprint density at radius 1 is 1.15 bits per heavy atom. The molecule has 1 atom stereocenters. The number of fused-ring (bicyclic) bond motifs is 1. The first-order chi connectivity index (χ1) is 12.6. The van der Waals surface area contributed by atoms with Crippen LogP contribution < -0.4 is 4.74 Å². The van der Waals surface area contributed by atoms with Crippen molar-refractivity contribution in [2.75, 3.05) is 39.8 Å². The quantitative estimate of drug-likeness (QED) is 0.831. The van der Waals surface area contributed by atoms with Gasteiger partial charge in [0.2, 0.25) is 5.91 Å². The van der Waals surface area contributed by atoms with Gasteiger partial charge in [-0.3, -0.25) is 9.69 Å². The molecule has 136 valence electrons. The summed E-state index contributed by atoms with van der Waals surface area (Å²) in [5, 5.41) is 10.9. The molecule has 0 aromatic heterocycles. The second-order valence-electron chi connectivity index (χ2n) is 6.77. The molecule has 1 aliphatic heterocycles. The molecule has 3 rings (SSSR count). The molecule has 1 saturated heterocycles. The van der Waals surface area contributed by atoms with Crippen molar-refractivity contribution in [3.63, 3.8) is 0 Å².